The number of methoxy groups -OCH3 is 1. The maximum Gasteiger partial charge on any atom is 0.274 e. The predicted molar refractivity (Wildman–Crippen MR) is 97.4 cm³/mol. The highest BCUT2D eigenvalue weighted by atomic mass is 16.5. The summed E-state index contributed by atoms with van der Waals surface area (Å²) in [5.41, 5.74) is 2.86. The first-order valence-corrected chi connectivity index (χ1v) is 7.77. The Balaban J connectivity index is 1.76. The van der Waals surface area contributed by atoms with Crippen molar-refractivity contribution in [2.24, 2.45) is 0 Å². The minimum atomic E-state index is -0.334. The summed E-state index contributed by atoms with van der Waals surface area (Å²) in [5.74, 6) is 0.610. The van der Waals surface area contributed by atoms with Crippen molar-refractivity contribution in [3.05, 3.63) is 72.1 Å². The fourth-order valence-electron chi connectivity index (χ4n) is 2.25. The molecule has 0 radical (unpaired) electrons. The van der Waals surface area contributed by atoms with E-state index in [1.807, 2.05) is 43.3 Å². The van der Waals surface area contributed by atoms with Crippen molar-refractivity contribution in [2.75, 3.05) is 17.7 Å². The number of para-hydroxylation sites is 2. The molecule has 2 N–H and O–H groups in total. The Bertz CT molecular complexity index is 879. The van der Waals surface area contributed by atoms with E-state index in [2.05, 4.69) is 20.6 Å². The number of nitrogens with one attached hydrogen (secondary N) is 2. The zero-order valence-corrected chi connectivity index (χ0v) is 14.0. The van der Waals surface area contributed by atoms with Crippen LogP contribution in [0.2, 0.25) is 0 Å². The largest absolute Gasteiger partial charge is 0.495 e. The monoisotopic (exact) mass is 334 g/mol. The van der Waals surface area contributed by atoms with Gasteiger partial charge in [0.2, 0.25) is 5.95 Å². The molecule has 0 saturated heterocycles. The topological polar surface area (TPSA) is 76.1 Å². The van der Waals surface area contributed by atoms with Crippen LogP contribution in [0.5, 0.6) is 5.75 Å². The van der Waals surface area contributed by atoms with Crippen molar-refractivity contribution in [3.63, 3.8) is 0 Å². The lowest BCUT2D eigenvalue weighted by Gasteiger charge is -2.10. The highest BCUT2D eigenvalue weighted by molar-refractivity contribution is 6.03. The van der Waals surface area contributed by atoms with Gasteiger partial charge in [-0.05, 0) is 37.3 Å². The van der Waals surface area contributed by atoms with E-state index in [0.29, 0.717) is 17.4 Å². The minimum absolute atomic E-state index is 0.260. The number of carbonyl (C=O) groups is 1. The van der Waals surface area contributed by atoms with Gasteiger partial charge in [0.25, 0.3) is 5.91 Å². The number of ether oxygens (including phenoxy) is 1. The molecule has 0 bridgehead atoms. The molecule has 6 heteroatoms. The molecule has 3 rings (SSSR count). The normalized spacial score (nSPS) is 10.2. The highest BCUT2D eigenvalue weighted by Crippen LogP contribution is 2.23. The second-order valence-electron chi connectivity index (χ2n) is 5.41. The smallest absolute Gasteiger partial charge is 0.274 e. The van der Waals surface area contributed by atoms with E-state index in [1.165, 1.54) is 0 Å². The predicted octanol–water partition coefficient (Wildman–Crippen LogP) is 3.79. The summed E-state index contributed by atoms with van der Waals surface area (Å²) >= 11 is 0. The lowest BCUT2D eigenvalue weighted by Crippen LogP contribution is -2.15. The van der Waals surface area contributed by atoms with Gasteiger partial charge in [0.05, 0.1) is 12.8 Å². The molecule has 126 valence electrons. The fraction of sp³-hybridized carbons (Fsp3) is 0.105. The lowest BCUT2D eigenvalue weighted by molar-refractivity contribution is 0.102. The van der Waals surface area contributed by atoms with Crippen LogP contribution in [0.3, 0.4) is 0 Å². The zero-order chi connectivity index (χ0) is 17.6. The molecule has 1 heterocycles. The summed E-state index contributed by atoms with van der Waals surface area (Å²) in [7, 11) is 1.55. The van der Waals surface area contributed by atoms with E-state index >= 15 is 0 Å². The van der Waals surface area contributed by atoms with Crippen molar-refractivity contribution < 1.29 is 9.53 Å². The first-order valence-electron chi connectivity index (χ1n) is 7.77. The van der Waals surface area contributed by atoms with Crippen molar-refractivity contribution in [1.82, 2.24) is 9.97 Å². The van der Waals surface area contributed by atoms with Crippen molar-refractivity contribution in [3.8, 4) is 5.75 Å². The van der Waals surface area contributed by atoms with Crippen LogP contribution in [-0.4, -0.2) is 23.0 Å². The SMILES string of the molecule is COc1ccccc1NC(=O)c1ccnc(Nc2ccc(C)cc2)n1. The molecule has 6 nitrogen and oxygen atoms in total. The summed E-state index contributed by atoms with van der Waals surface area (Å²) in [6, 6.07) is 16.6. The number of nitrogens with zero attached hydrogens (tertiary/aromatic N) is 2. The van der Waals surface area contributed by atoms with Crippen molar-refractivity contribution in [1.29, 1.82) is 0 Å². The van der Waals surface area contributed by atoms with Gasteiger partial charge in [0.1, 0.15) is 11.4 Å². The average molecular weight is 334 g/mol. The minimum Gasteiger partial charge on any atom is -0.495 e. The summed E-state index contributed by atoms with van der Waals surface area (Å²) in [5, 5.41) is 5.88. The Labute approximate surface area is 145 Å². The molecule has 2 aromatic carbocycles. The molecule has 0 aliphatic carbocycles. The number of hydrogen-bond donors (Lipinski definition) is 2. The molecule has 0 saturated carbocycles. The van der Waals surface area contributed by atoms with Crippen LogP contribution in [0.25, 0.3) is 0 Å². The van der Waals surface area contributed by atoms with E-state index in [0.717, 1.165) is 11.3 Å². The van der Waals surface area contributed by atoms with Gasteiger partial charge in [-0.25, -0.2) is 9.97 Å². The van der Waals surface area contributed by atoms with Crippen LogP contribution in [0.15, 0.2) is 60.8 Å². The summed E-state index contributed by atoms with van der Waals surface area (Å²) in [4.78, 5) is 20.9. The van der Waals surface area contributed by atoms with Gasteiger partial charge in [-0.3, -0.25) is 4.79 Å². The van der Waals surface area contributed by atoms with E-state index < -0.39 is 0 Å². The van der Waals surface area contributed by atoms with Gasteiger partial charge in [-0.15, -0.1) is 0 Å². The number of amides is 1. The second-order valence-corrected chi connectivity index (χ2v) is 5.41. The molecule has 3 aromatic rings. The maximum atomic E-state index is 12.4. The third kappa shape index (κ3) is 4.11. The van der Waals surface area contributed by atoms with Crippen molar-refractivity contribution in [2.45, 2.75) is 6.92 Å². The van der Waals surface area contributed by atoms with Gasteiger partial charge in [0.15, 0.2) is 0 Å². The first kappa shape index (κ1) is 16.4. The zero-order valence-electron chi connectivity index (χ0n) is 14.0. The van der Waals surface area contributed by atoms with Crippen LogP contribution in [0, 0.1) is 6.92 Å². The number of aryl methyl sites for hydroxylation is 1. The Morgan fingerprint density at radius 2 is 1.80 bits per heavy atom. The first-order chi connectivity index (χ1) is 12.2. The molecule has 0 aliphatic rings. The molecule has 0 fully saturated rings. The Morgan fingerprint density at radius 1 is 1.04 bits per heavy atom. The summed E-state index contributed by atoms with van der Waals surface area (Å²) in [6.07, 6.45) is 1.54. The molecule has 0 aliphatic heterocycles. The molecule has 25 heavy (non-hydrogen) atoms. The van der Waals surface area contributed by atoms with Crippen LogP contribution >= 0.6 is 0 Å². The third-order valence-electron chi connectivity index (χ3n) is 3.55. The Kier molecular flexibility index (Phi) is 4.89. The van der Waals surface area contributed by atoms with Gasteiger partial charge in [0, 0.05) is 11.9 Å². The molecule has 1 aromatic heterocycles. The fourth-order valence-corrected chi connectivity index (χ4v) is 2.25. The summed E-state index contributed by atoms with van der Waals surface area (Å²) in [6.45, 7) is 2.02. The van der Waals surface area contributed by atoms with E-state index in [4.69, 9.17) is 4.74 Å². The number of carbonyl (C=O) groups excluding carboxylic acids is 1. The van der Waals surface area contributed by atoms with Crippen LogP contribution in [0.1, 0.15) is 16.1 Å². The third-order valence-corrected chi connectivity index (χ3v) is 3.55. The molecule has 0 spiro atoms. The summed E-state index contributed by atoms with van der Waals surface area (Å²) < 4.78 is 5.23. The van der Waals surface area contributed by atoms with E-state index in [9.17, 15) is 4.79 Å². The van der Waals surface area contributed by atoms with Crippen LogP contribution < -0.4 is 15.4 Å². The van der Waals surface area contributed by atoms with Crippen LogP contribution in [-0.2, 0) is 0 Å². The van der Waals surface area contributed by atoms with Crippen molar-refractivity contribution >= 4 is 23.2 Å². The Hall–Kier alpha value is -3.41. The van der Waals surface area contributed by atoms with E-state index in [-0.39, 0.29) is 11.6 Å². The number of hydrogen-bond acceptors (Lipinski definition) is 5. The van der Waals surface area contributed by atoms with Gasteiger partial charge in [-0.2, -0.15) is 0 Å². The highest BCUT2D eigenvalue weighted by Gasteiger charge is 2.11. The average Bonchev–Trinajstić information content (AvgIpc) is 2.64. The number of anilines is 3. The lowest BCUT2D eigenvalue weighted by atomic mass is 10.2. The van der Waals surface area contributed by atoms with Gasteiger partial charge < -0.3 is 15.4 Å². The second kappa shape index (κ2) is 7.44. The Morgan fingerprint density at radius 3 is 2.56 bits per heavy atom. The van der Waals surface area contributed by atoms with Crippen LogP contribution in [0.4, 0.5) is 17.3 Å². The molecular weight excluding hydrogens is 316 g/mol. The number of rotatable bonds is 5. The molecule has 0 atom stereocenters. The number of benzene rings is 2. The van der Waals surface area contributed by atoms with E-state index in [1.54, 1.807) is 31.5 Å². The molecule has 0 unspecified atom stereocenters. The standard InChI is InChI=1S/C19H18N4O2/c1-13-7-9-14(10-8-13)21-19-20-12-11-16(23-19)18(24)22-15-5-3-4-6-17(15)25-2/h3-12H,1-2H3,(H,22,24)(H,20,21,23). The number of aromatic nitrogens is 2. The maximum absolute atomic E-state index is 12.4. The van der Waals surface area contributed by atoms with Gasteiger partial charge in [-0.1, -0.05) is 29.8 Å². The quantitative estimate of drug-likeness (QED) is 0.742. The van der Waals surface area contributed by atoms with Gasteiger partial charge >= 0.3 is 0 Å². The molecular formula is C19H18N4O2. The molecule has 1 amide bonds.